The zero-order valence-corrected chi connectivity index (χ0v) is 12.8. The first-order chi connectivity index (χ1) is 10.6. The molecule has 0 unspecified atom stereocenters. The molecule has 0 spiro atoms. The molecule has 22 heavy (non-hydrogen) atoms. The normalized spacial score (nSPS) is 12.3. The summed E-state index contributed by atoms with van der Waals surface area (Å²) in [4.78, 5) is 16.7. The van der Waals surface area contributed by atoms with E-state index in [1.807, 2.05) is 60.1 Å². The van der Waals surface area contributed by atoms with Crippen LogP contribution in [-0.2, 0) is 11.2 Å². The zero-order valence-electron chi connectivity index (χ0n) is 12.8. The van der Waals surface area contributed by atoms with Crippen LogP contribution in [0.5, 0.6) is 0 Å². The highest BCUT2D eigenvalue weighted by atomic mass is 16.1. The fraction of sp³-hybridized carbons (Fsp3) is 0.222. The number of hydrogen-bond donors (Lipinski definition) is 1. The second-order valence-electron chi connectivity index (χ2n) is 5.52. The van der Waals surface area contributed by atoms with Crippen LogP contribution in [0, 0.1) is 6.92 Å². The SMILES string of the molecule is Cc1ccccc1[C@@H](C)NC(=O)Cc1cn2ccccc2n1. The van der Waals surface area contributed by atoms with Crippen LogP contribution in [0.3, 0.4) is 0 Å². The number of aromatic nitrogens is 2. The Hall–Kier alpha value is -2.62. The van der Waals surface area contributed by atoms with Crippen LogP contribution in [0.4, 0.5) is 0 Å². The molecule has 0 radical (unpaired) electrons. The summed E-state index contributed by atoms with van der Waals surface area (Å²) in [6.07, 6.45) is 4.12. The van der Waals surface area contributed by atoms with Gasteiger partial charge in [0.25, 0.3) is 0 Å². The molecule has 0 fully saturated rings. The number of imidazole rings is 1. The van der Waals surface area contributed by atoms with E-state index < -0.39 is 0 Å². The van der Waals surface area contributed by atoms with E-state index in [0.29, 0.717) is 0 Å². The lowest BCUT2D eigenvalue weighted by atomic mass is 10.0. The van der Waals surface area contributed by atoms with E-state index in [0.717, 1.165) is 16.9 Å². The van der Waals surface area contributed by atoms with Gasteiger partial charge >= 0.3 is 0 Å². The summed E-state index contributed by atoms with van der Waals surface area (Å²) in [6.45, 7) is 4.06. The Morgan fingerprint density at radius 1 is 1.23 bits per heavy atom. The highest BCUT2D eigenvalue weighted by molar-refractivity contribution is 5.78. The van der Waals surface area contributed by atoms with Gasteiger partial charge in [-0.1, -0.05) is 30.3 Å². The molecule has 4 nitrogen and oxygen atoms in total. The van der Waals surface area contributed by atoms with E-state index in [4.69, 9.17) is 0 Å². The Labute approximate surface area is 129 Å². The molecule has 1 N–H and O–H groups in total. The molecule has 1 aromatic carbocycles. The summed E-state index contributed by atoms with van der Waals surface area (Å²) >= 11 is 0. The molecule has 0 aliphatic carbocycles. The first-order valence-corrected chi connectivity index (χ1v) is 7.41. The topological polar surface area (TPSA) is 46.4 Å². The second-order valence-corrected chi connectivity index (χ2v) is 5.52. The van der Waals surface area contributed by atoms with E-state index in [1.165, 1.54) is 5.56 Å². The number of pyridine rings is 1. The van der Waals surface area contributed by atoms with Gasteiger partial charge in [0.05, 0.1) is 18.2 Å². The summed E-state index contributed by atoms with van der Waals surface area (Å²) in [5.41, 5.74) is 3.96. The largest absolute Gasteiger partial charge is 0.349 e. The maximum atomic E-state index is 12.2. The number of benzene rings is 1. The molecule has 0 saturated carbocycles. The Morgan fingerprint density at radius 3 is 2.77 bits per heavy atom. The number of amides is 1. The van der Waals surface area contributed by atoms with Crippen LogP contribution in [0.15, 0.2) is 54.9 Å². The van der Waals surface area contributed by atoms with Gasteiger partial charge in [-0.15, -0.1) is 0 Å². The van der Waals surface area contributed by atoms with Crippen LogP contribution >= 0.6 is 0 Å². The third-order valence-corrected chi connectivity index (χ3v) is 3.79. The molecule has 0 aliphatic rings. The van der Waals surface area contributed by atoms with Crippen molar-refractivity contribution in [3.8, 4) is 0 Å². The average molecular weight is 293 g/mol. The van der Waals surface area contributed by atoms with Crippen molar-refractivity contribution in [1.29, 1.82) is 0 Å². The van der Waals surface area contributed by atoms with Crippen molar-refractivity contribution in [2.24, 2.45) is 0 Å². The molecule has 0 saturated heterocycles. The first kappa shape index (κ1) is 14.3. The van der Waals surface area contributed by atoms with Gasteiger partial charge in [0, 0.05) is 12.4 Å². The van der Waals surface area contributed by atoms with Crippen molar-refractivity contribution >= 4 is 11.6 Å². The summed E-state index contributed by atoms with van der Waals surface area (Å²) in [6, 6.07) is 13.9. The van der Waals surface area contributed by atoms with Crippen molar-refractivity contribution in [3.05, 3.63) is 71.7 Å². The number of carbonyl (C=O) groups is 1. The van der Waals surface area contributed by atoms with Crippen LogP contribution in [0.2, 0.25) is 0 Å². The van der Waals surface area contributed by atoms with Crippen molar-refractivity contribution in [2.75, 3.05) is 0 Å². The van der Waals surface area contributed by atoms with Crippen LogP contribution < -0.4 is 5.32 Å². The lowest BCUT2D eigenvalue weighted by molar-refractivity contribution is -0.121. The maximum Gasteiger partial charge on any atom is 0.226 e. The van der Waals surface area contributed by atoms with Gasteiger partial charge in [-0.3, -0.25) is 4.79 Å². The standard InChI is InChI=1S/C18H19N3O/c1-13-7-3-4-8-16(13)14(2)19-18(22)11-15-12-21-10-6-5-9-17(21)20-15/h3-10,12,14H,11H2,1-2H3,(H,19,22)/t14-/m1/s1. The number of aryl methyl sites for hydroxylation is 1. The molecular formula is C18H19N3O. The highest BCUT2D eigenvalue weighted by Crippen LogP contribution is 2.16. The molecule has 112 valence electrons. The predicted molar refractivity (Wildman–Crippen MR) is 86.6 cm³/mol. The molecule has 2 aromatic heterocycles. The highest BCUT2D eigenvalue weighted by Gasteiger charge is 2.13. The number of hydrogen-bond acceptors (Lipinski definition) is 2. The van der Waals surface area contributed by atoms with Gasteiger partial charge in [0.1, 0.15) is 5.65 Å². The lowest BCUT2D eigenvalue weighted by Crippen LogP contribution is -2.28. The number of rotatable bonds is 4. The van der Waals surface area contributed by atoms with Gasteiger partial charge in [0.2, 0.25) is 5.91 Å². The Balaban J connectivity index is 1.68. The van der Waals surface area contributed by atoms with Crippen LogP contribution in [0.1, 0.15) is 29.8 Å². The summed E-state index contributed by atoms with van der Waals surface area (Å²) < 4.78 is 1.92. The minimum Gasteiger partial charge on any atom is -0.349 e. The molecular weight excluding hydrogens is 274 g/mol. The van der Waals surface area contributed by atoms with E-state index in [1.54, 1.807) is 0 Å². The summed E-state index contributed by atoms with van der Waals surface area (Å²) in [7, 11) is 0. The van der Waals surface area contributed by atoms with E-state index >= 15 is 0 Å². The van der Waals surface area contributed by atoms with E-state index in [-0.39, 0.29) is 18.4 Å². The first-order valence-electron chi connectivity index (χ1n) is 7.41. The molecule has 1 amide bonds. The van der Waals surface area contributed by atoms with Crippen LogP contribution in [0.25, 0.3) is 5.65 Å². The minimum atomic E-state index is -0.0147. The fourth-order valence-corrected chi connectivity index (χ4v) is 2.68. The lowest BCUT2D eigenvalue weighted by Gasteiger charge is -2.16. The van der Waals surface area contributed by atoms with Crippen LogP contribution in [-0.4, -0.2) is 15.3 Å². The van der Waals surface area contributed by atoms with Gasteiger partial charge < -0.3 is 9.72 Å². The van der Waals surface area contributed by atoms with Gasteiger partial charge in [-0.2, -0.15) is 0 Å². The molecule has 4 heteroatoms. The number of nitrogens with zero attached hydrogens (tertiary/aromatic N) is 2. The minimum absolute atomic E-state index is 0.00858. The molecule has 0 bridgehead atoms. The quantitative estimate of drug-likeness (QED) is 0.803. The molecule has 2 heterocycles. The van der Waals surface area contributed by atoms with Crippen molar-refractivity contribution in [1.82, 2.24) is 14.7 Å². The van der Waals surface area contributed by atoms with Crippen molar-refractivity contribution < 1.29 is 4.79 Å². The Morgan fingerprint density at radius 2 is 2.00 bits per heavy atom. The summed E-state index contributed by atoms with van der Waals surface area (Å²) in [5, 5.41) is 3.04. The maximum absolute atomic E-state index is 12.2. The number of carbonyl (C=O) groups excluding carboxylic acids is 1. The van der Waals surface area contributed by atoms with E-state index in [2.05, 4.69) is 23.3 Å². The third-order valence-electron chi connectivity index (χ3n) is 3.79. The van der Waals surface area contributed by atoms with Crippen molar-refractivity contribution in [2.45, 2.75) is 26.3 Å². The molecule has 0 aliphatic heterocycles. The molecule has 3 aromatic rings. The molecule has 1 atom stereocenters. The number of fused-ring (bicyclic) bond motifs is 1. The molecule has 3 rings (SSSR count). The summed E-state index contributed by atoms with van der Waals surface area (Å²) in [5.74, 6) is -0.0147. The van der Waals surface area contributed by atoms with Gasteiger partial charge in [-0.05, 0) is 37.1 Å². The van der Waals surface area contributed by atoms with Crippen molar-refractivity contribution in [3.63, 3.8) is 0 Å². The average Bonchev–Trinajstić information content (AvgIpc) is 2.89. The zero-order chi connectivity index (χ0) is 15.5. The smallest absolute Gasteiger partial charge is 0.226 e. The van der Waals surface area contributed by atoms with Gasteiger partial charge in [-0.25, -0.2) is 4.98 Å². The Kier molecular flexibility index (Phi) is 3.92. The number of nitrogens with one attached hydrogen (secondary N) is 1. The van der Waals surface area contributed by atoms with E-state index in [9.17, 15) is 4.79 Å². The monoisotopic (exact) mass is 293 g/mol. The predicted octanol–water partition coefficient (Wildman–Crippen LogP) is 3.06. The fourth-order valence-electron chi connectivity index (χ4n) is 2.68. The third kappa shape index (κ3) is 3.01. The Bertz CT molecular complexity index is 774. The van der Waals surface area contributed by atoms with Gasteiger partial charge in [0.15, 0.2) is 0 Å². The second kappa shape index (κ2) is 6.02.